The van der Waals surface area contributed by atoms with E-state index in [-0.39, 0.29) is 17.2 Å². The maximum Gasteiger partial charge on any atom is 0.200 e. The molecule has 0 aliphatic carbocycles. The van der Waals surface area contributed by atoms with E-state index in [1.165, 1.54) is 24.9 Å². The van der Waals surface area contributed by atoms with E-state index in [1.54, 1.807) is 18.3 Å². The van der Waals surface area contributed by atoms with Gasteiger partial charge in [-0.15, -0.1) is 0 Å². The molecule has 1 aromatic carbocycles. The maximum atomic E-state index is 9.56. The molecular weight excluding hydrogens is 252 g/mol. The van der Waals surface area contributed by atoms with Crippen LogP contribution in [-0.2, 0) is 0 Å². The summed E-state index contributed by atoms with van der Waals surface area (Å²) < 4.78 is 4.96. The summed E-state index contributed by atoms with van der Waals surface area (Å²) in [6.07, 6.45) is 1.67. The fourth-order valence-corrected chi connectivity index (χ4v) is 2.21. The Morgan fingerprint density at radius 1 is 1.28 bits per heavy atom. The number of phenolic OH excluding ortho intramolecular Hbond substituents is 2. The Morgan fingerprint density at radius 3 is 2.72 bits per heavy atom. The Balaban J connectivity index is 2.32. The highest BCUT2D eigenvalue weighted by molar-refractivity contribution is 7.99. The molecule has 0 aliphatic rings. The van der Waals surface area contributed by atoms with Gasteiger partial charge in [-0.05, 0) is 36.9 Å². The normalized spacial score (nSPS) is 10.3. The van der Waals surface area contributed by atoms with Crippen molar-refractivity contribution in [1.29, 1.82) is 0 Å². The van der Waals surface area contributed by atoms with Crippen LogP contribution < -0.4 is 4.74 Å². The van der Waals surface area contributed by atoms with Crippen LogP contribution >= 0.6 is 11.8 Å². The summed E-state index contributed by atoms with van der Waals surface area (Å²) in [7, 11) is 1.42. The van der Waals surface area contributed by atoms with E-state index in [2.05, 4.69) is 9.97 Å². The minimum Gasteiger partial charge on any atom is -0.504 e. The van der Waals surface area contributed by atoms with Gasteiger partial charge in [0.15, 0.2) is 16.7 Å². The number of aryl methyl sites for hydroxylation is 1. The molecule has 0 unspecified atom stereocenters. The summed E-state index contributed by atoms with van der Waals surface area (Å²) in [5, 5.41) is 19.6. The zero-order valence-corrected chi connectivity index (χ0v) is 10.7. The van der Waals surface area contributed by atoms with Gasteiger partial charge < -0.3 is 14.9 Å². The van der Waals surface area contributed by atoms with E-state index in [4.69, 9.17) is 4.74 Å². The number of hydrogen-bond acceptors (Lipinski definition) is 6. The van der Waals surface area contributed by atoms with Crippen LogP contribution in [0.1, 0.15) is 5.69 Å². The SMILES string of the molecule is COc1cc(Sc2nccc(C)n2)cc(O)c1O. The molecule has 94 valence electrons. The molecule has 1 heterocycles. The Hall–Kier alpha value is -1.95. The first-order chi connectivity index (χ1) is 8.60. The van der Waals surface area contributed by atoms with Gasteiger partial charge in [-0.2, -0.15) is 0 Å². The van der Waals surface area contributed by atoms with Crippen LogP contribution in [0.3, 0.4) is 0 Å². The van der Waals surface area contributed by atoms with Crippen molar-refractivity contribution in [3.05, 3.63) is 30.1 Å². The first-order valence-corrected chi connectivity index (χ1v) is 5.99. The number of rotatable bonds is 3. The number of aromatic hydroxyl groups is 2. The Bertz CT molecular complexity index is 575. The summed E-state index contributed by atoms with van der Waals surface area (Å²) in [4.78, 5) is 9.04. The minimum atomic E-state index is -0.271. The average molecular weight is 264 g/mol. The van der Waals surface area contributed by atoms with E-state index in [9.17, 15) is 10.2 Å². The second-order valence-corrected chi connectivity index (χ2v) is 4.62. The molecule has 0 spiro atoms. The molecule has 1 aromatic heterocycles. The van der Waals surface area contributed by atoms with Gasteiger partial charge in [-0.3, -0.25) is 0 Å². The zero-order chi connectivity index (χ0) is 13.1. The van der Waals surface area contributed by atoms with Gasteiger partial charge in [0.25, 0.3) is 0 Å². The van der Waals surface area contributed by atoms with Crippen LogP contribution in [0, 0.1) is 6.92 Å². The molecule has 5 nitrogen and oxygen atoms in total. The van der Waals surface area contributed by atoms with Crippen molar-refractivity contribution in [2.24, 2.45) is 0 Å². The first kappa shape index (κ1) is 12.5. The molecule has 0 saturated heterocycles. The Kier molecular flexibility index (Phi) is 3.57. The van der Waals surface area contributed by atoms with E-state index >= 15 is 0 Å². The molecule has 6 heteroatoms. The van der Waals surface area contributed by atoms with Crippen LogP contribution in [0.5, 0.6) is 17.2 Å². The van der Waals surface area contributed by atoms with Gasteiger partial charge in [0.2, 0.25) is 5.75 Å². The molecule has 2 aromatic rings. The van der Waals surface area contributed by atoms with Crippen LogP contribution in [0.25, 0.3) is 0 Å². The zero-order valence-electron chi connectivity index (χ0n) is 9.91. The van der Waals surface area contributed by atoms with Gasteiger partial charge >= 0.3 is 0 Å². The lowest BCUT2D eigenvalue weighted by Crippen LogP contribution is -1.89. The second kappa shape index (κ2) is 5.14. The van der Waals surface area contributed by atoms with Gasteiger partial charge in [0, 0.05) is 16.8 Å². The summed E-state index contributed by atoms with van der Waals surface area (Å²) in [6.45, 7) is 1.88. The van der Waals surface area contributed by atoms with E-state index in [0.29, 0.717) is 10.1 Å². The number of hydrogen-bond donors (Lipinski definition) is 2. The fourth-order valence-electron chi connectivity index (χ4n) is 1.36. The molecule has 18 heavy (non-hydrogen) atoms. The number of benzene rings is 1. The second-order valence-electron chi connectivity index (χ2n) is 3.58. The van der Waals surface area contributed by atoms with Gasteiger partial charge in [-0.1, -0.05) is 0 Å². The third-order valence-electron chi connectivity index (χ3n) is 2.23. The van der Waals surface area contributed by atoms with Gasteiger partial charge in [0.05, 0.1) is 7.11 Å². The largest absolute Gasteiger partial charge is 0.504 e. The van der Waals surface area contributed by atoms with Crippen LogP contribution in [-0.4, -0.2) is 27.3 Å². The topological polar surface area (TPSA) is 75.5 Å². The van der Waals surface area contributed by atoms with Crippen LogP contribution in [0.15, 0.2) is 34.4 Å². The first-order valence-electron chi connectivity index (χ1n) is 5.17. The molecule has 0 fully saturated rings. The highest BCUT2D eigenvalue weighted by Crippen LogP contribution is 2.40. The summed E-state index contributed by atoms with van der Waals surface area (Å²) in [5.74, 6) is -0.290. The van der Waals surface area contributed by atoms with Crippen LogP contribution in [0.4, 0.5) is 0 Å². The van der Waals surface area contributed by atoms with Crippen molar-refractivity contribution < 1.29 is 14.9 Å². The van der Waals surface area contributed by atoms with Crippen molar-refractivity contribution in [2.75, 3.05) is 7.11 Å². The van der Waals surface area contributed by atoms with Gasteiger partial charge in [-0.25, -0.2) is 9.97 Å². The lowest BCUT2D eigenvalue weighted by molar-refractivity contribution is 0.349. The monoisotopic (exact) mass is 264 g/mol. The summed E-state index contributed by atoms with van der Waals surface area (Å²) >= 11 is 1.28. The molecule has 0 amide bonds. The summed E-state index contributed by atoms with van der Waals surface area (Å²) in [6, 6.07) is 4.86. The molecular formula is C12H12N2O3S. The Morgan fingerprint density at radius 2 is 2.06 bits per heavy atom. The number of ether oxygens (including phenoxy) is 1. The standard InChI is InChI=1S/C12H12N2O3S/c1-7-3-4-13-12(14-7)18-8-5-9(15)11(16)10(6-8)17-2/h3-6,15-16H,1-2H3. The Labute approximate surface area is 108 Å². The van der Waals surface area contributed by atoms with Gasteiger partial charge in [0.1, 0.15) is 0 Å². The van der Waals surface area contributed by atoms with Crippen molar-refractivity contribution in [1.82, 2.24) is 9.97 Å². The molecule has 0 radical (unpaired) electrons. The molecule has 2 N–H and O–H groups in total. The predicted octanol–water partition coefficient (Wildman–Crippen LogP) is 2.36. The number of nitrogens with zero attached hydrogens (tertiary/aromatic N) is 2. The molecule has 0 saturated carbocycles. The lowest BCUT2D eigenvalue weighted by Gasteiger charge is -2.07. The van der Waals surface area contributed by atoms with Crippen molar-refractivity contribution in [2.45, 2.75) is 17.0 Å². The maximum absolute atomic E-state index is 9.56. The smallest absolute Gasteiger partial charge is 0.200 e. The van der Waals surface area contributed by atoms with Crippen LogP contribution in [0.2, 0.25) is 0 Å². The summed E-state index contributed by atoms with van der Waals surface area (Å²) in [5.41, 5.74) is 0.863. The lowest BCUT2D eigenvalue weighted by atomic mass is 10.3. The third kappa shape index (κ3) is 2.65. The number of methoxy groups -OCH3 is 1. The van der Waals surface area contributed by atoms with E-state index < -0.39 is 0 Å². The van der Waals surface area contributed by atoms with E-state index in [1.807, 2.05) is 6.92 Å². The molecule has 2 rings (SSSR count). The highest BCUT2D eigenvalue weighted by atomic mass is 32.2. The number of aromatic nitrogens is 2. The predicted molar refractivity (Wildman–Crippen MR) is 67.2 cm³/mol. The number of phenols is 2. The van der Waals surface area contributed by atoms with Crippen molar-refractivity contribution >= 4 is 11.8 Å². The quantitative estimate of drug-likeness (QED) is 0.654. The third-order valence-corrected chi connectivity index (χ3v) is 3.08. The van der Waals surface area contributed by atoms with Crippen molar-refractivity contribution in [3.8, 4) is 17.2 Å². The molecule has 0 atom stereocenters. The molecule has 0 aliphatic heterocycles. The highest BCUT2D eigenvalue weighted by Gasteiger charge is 2.11. The average Bonchev–Trinajstić information content (AvgIpc) is 2.33. The minimum absolute atomic E-state index is 0.213. The van der Waals surface area contributed by atoms with E-state index in [0.717, 1.165) is 5.69 Å². The molecule has 0 bridgehead atoms. The fraction of sp³-hybridized carbons (Fsp3) is 0.167. The van der Waals surface area contributed by atoms with Crippen molar-refractivity contribution in [3.63, 3.8) is 0 Å².